The minimum absolute atomic E-state index is 0.0405. The molecule has 0 radical (unpaired) electrons. The van der Waals surface area contributed by atoms with Crippen LogP contribution in [-0.2, 0) is 0 Å². The molecule has 20 heavy (non-hydrogen) atoms. The van der Waals surface area contributed by atoms with Gasteiger partial charge in [0.2, 0.25) is 0 Å². The highest BCUT2D eigenvalue weighted by atomic mass is 16.3. The van der Waals surface area contributed by atoms with Crippen LogP contribution in [0.1, 0.15) is 58.3 Å². The van der Waals surface area contributed by atoms with Gasteiger partial charge in [-0.05, 0) is 68.8 Å². The van der Waals surface area contributed by atoms with Gasteiger partial charge < -0.3 is 10.2 Å². The molecule has 0 aromatic carbocycles. The van der Waals surface area contributed by atoms with E-state index in [-0.39, 0.29) is 11.5 Å². The van der Waals surface area contributed by atoms with E-state index >= 15 is 0 Å². The number of aliphatic hydroxyl groups is 2. The second kappa shape index (κ2) is 4.20. The summed E-state index contributed by atoms with van der Waals surface area (Å²) >= 11 is 0. The standard InChI is InChI=1S/C18H26O2/c1-17-10-7-13-12(14(17)5-6-16(17)19)8-11-18(20)9-3-2-4-15(13)18/h5-6,12,14,16,19-20H,2-4,7-11H2,1H3/t12-,14+,16+,17+,18?/m1/s1. The molecule has 2 fully saturated rings. The van der Waals surface area contributed by atoms with E-state index in [0.717, 1.165) is 38.5 Å². The summed E-state index contributed by atoms with van der Waals surface area (Å²) in [6.45, 7) is 2.26. The lowest BCUT2D eigenvalue weighted by Gasteiger charge is -2.51. The summed E-state index contributed by atoms with van der Waals surface area (Å²) in [5.41, 5.74) is 2.54. The number of fused-ring (bicyclic) bond motifs is 4. The van der Waals surface area contributed by atoms with Crippen molar-refractivity contribution in [1.29, 1.82) is 0 Å². The van der Waals surface area contributed by atoms with Crippen molar-refractivity contribution >= 4 is 0 Å². The third kappa shape index (κ3) is 1.58. The molecule has 110 valence electrons. The van der Waals surface area contributed by atoms with Gasteiger partial charge in [-0.3, -0.25) is 0 Å². The maximum atomic E-state index is 11.0. The van der Waals surface area contributed by atoms with Crippen LogP contribution in [0.25, 0.3) is 0 Å². The Morgan fingerprint density at radius 1 is 1.10 bits per heavy atom. The Balaban J connectivity index is 1.75. The fraction of sp³-hybridized carbons (Fsp3) is 0.778. The molecule has 2 N–H and O–H groups in total. The number of rotatable bonds is 0. The second-order valence-electron chi connectivity index (χ2n) is 7.75. The quantitative estimate of drug-likeness (QED) is 0.665. The Morgan fingerprint density at radius 3 is 2.80 bits per heavy atom. The Bertz CT molecular complexity index is 492. The van der Waals surface area contributed by atoms with E-state index < -0.39 is 5.60 Å². The number of allylic oxidation sites excluding steroid dienone is 2. The van der Waals surface area contributed by atoms with Gasteiger partial charge in [-0.25, -0.2) is 0 Å². The van der Waals surface area contributed by atoms with Gasteiger partial charge in [0.25, 0.3) is 0 Å². The monoisotopic (exact) mass is 274 g/mol. The zero-order valence-electron chi connectivity index (χ0n) is 12.4. The molecular formula is C18H26O2. The molecule has 0 spiro atoms. The first kappa shape index (κ1) is 13.1. The normalized spacial score (nSPS) is 50.6. The summed E-state index contributed by atoms with van der Waals surface area (Å²) in [4.78, 5) is 0. The van der Waals surface area contributed by atoms with Crippen LogP contribution in [0.5, 0.6) is 0 Å². The minimum atomic E-state index is -0.473. The smallest absolute Gasteiger partial charge is 0.0859 e. The molecule has 0 heterocycles. The SMILES string of the molecule is C[C@]12CCC3=C4CCCCC4(O)CC[C@H]3[C@@H]1C=C[C@@H]2O. The van der Waals surface area contributed by atoms with Crippen LogP contribution in [0.3, 0.4) is 0 Å². The number of hydrogen-bond donors (Lipinski definition) is 2. The van der Waals surface area contributed by atoms with E-state index in [0.29, 0.717) is 11.8 Å². The van der Waals surface area contributed by atoms with Crippen molar-refractivity contribution in [2.75, 3.05) is 0 Å². The van der Waals surface area contributed by atoms with Crippen molar-refractivity contribution in [2.24, 2.45) is 17.3 Å². The summed E-state index contributed by atoms with van der Waals surface area (Å²) in [5, 5.41) is 21.3. The maximum absolute atomic E-state index is 11.0. The third-order valence-corrected chi connectivity index (χ3v) is 6.84. The van der Waals surface area contributed by atoms with Gasteiger partial charge in [-0.1, -0.05) is 24.6 Å². The van der Waals surface area contributed by atoms with Gasteiger partial charge in [0, 0.05) is 5.41 Å². The van der Waals surface area contributed by atoms with Gasteiger partial charge >= 0.3 is 0 Å². The van der Waals surface area contributed by atoms with E-state index in [4.69, 9.17) is 0 Å². The first-order valence-electron chi connectivity index (χ1n) is 8.36. The summed E-state index contributed by atoms with van der Waals surface area (Å²) in [5.74, 6) is 1.07. The number of aliphatic hydroxyl groups excluding tert-OH is 1. The van der Waals surface area contributed by atoms with Gasteiger partial charge in [0.15, 0.2) is 0 Å². The maximum Gasteiger partial charge on any atom is 0.0859 e. The first-order valence-corrected chi connectivity index (χ1v) is 8.36. The summed E-state index contributed by atoms with van der Waals surface area (Å²) < 4.78 is 0. The molecule has 1 unspecified atom stereocenters. The van der Waals surface area contributed by atoms with Crippen LogP contribution in [-0.4, -0.2) is 21.9 Å². The first-order chi connectivity index (χ1) is 9.55. The lowest BCUT2D eigenvalue weighted by atomic mass is 9.55. The van der Waals surface area contributed by atoms with Gasteiger partial charge in [0.1, 0.15) is 0 Å². The molecule has 4 rings (SSSR count). The zero-order valence-corrected chi connectivity index (χ0v) is 12.4. The molecule has 0 amide bonds. The van der Waals surface area contributed by atoms with Crippen molar-refractivity contribution in [3.05, 3.63) is 23.3 Å². The topological polar surface area (TPSA) is 40.5 Å². The van der Waals surface area contributed by atoms with Gasteiger partial charge in [-0.15, -0.1) is 0 Å². The summed E-state index contributed by atoms with van der Waals surface area (Å²) in [7, 11) is 0. The highest BCUT2D eigenvalue weighted by Crippen LogP contribution is 2.59. The fourth-order valence-corrected chi connectivity index (χ4v) is 5.54. The Labute approximate surface area is 121 Å². The highest BCUT2D eigenvalue weighted by molar-refractivity contribution is 5.36. The summed E-state index contributed by atoms with van der Waals surface area (Å²) in [6, 6.07) is 0. The van der Waals surface area contributed by atoms with E-state index in [1.165, 1.54) is 18.4 Å². The van der Waals surface area contributed by atoms with Gasteiger partial charge in [0.05, 0.1) is 11.7 Å². The van der Waals surface area contributed by atoms with Crippen molar-refractivity contribution < 1.29 is 10.2 Å². The van der Waals surface area contributed by atoms with Crippen molar-refractivity contribution in [1.82, 2.24) is 0 Å². The Morgan fingerprint density at radius 2 is 1.95 bits per heavy atom. The van der Waals surface area contributed by atoms with Crippen LogP contribution < -0.4 is 0 Å². The van der Waals surface area contributed by atoms with E-state index in [2.05, 4.69) is 13.0 Å². The molecule has 0 aliphatic heterocycles. The lowest BCUT2D eigenvalue weighted by Crippen LogP contribution is -2.47. The van der Waals surface area contributed by atoms with Crippen molar-refractivity contribution in [2.45, 2.75) is 70.0 Å². The molecule has 0 aromatic heterocycles. The van der Waals surface area contributed by atoms with Crippen LogP contribution >= 0.6 is 0 Å². The van der Waals surface area contributed by atoms with E-state index in [1.807, 2.05) is 6.08 Å². The second-order valence-corrected chi connectivity index (χ2v) is 7.75. The van der Waals surface area contributed by atoms with Crippen LogP contribution in [0, 0.1) is 17.3 Å². The average Bonchev–Trinajstić information content (AvgIpc) is 2.74. The zero-order chi connectivity index (χ0) is 14.0. The lowest BCUT2D eigenvalue weighted by molar-refractivity contribution is -0.0129. The van der Waals surface area contributed by atoms with Crippen molar-refractivity contribution in [3.8, 4) is 0 Å². The predicted molar refractivity (Wildman–Crippen MR) is 79.1 cm³/mol. The molecule has 5 atom stereocenters. The molecule has 2 heteroatoms. The molecule has 0 aromatic rings. The highest BCUT2D eigenvalue weighted by Gasteiger charge is 2.53. The molecule has 0 bridgehead atoms. The van der Waals surface area contributed by atoms with E-state index in [1.54, 1.807) is 5.57 Å². The van der Waals surface area contributed by atoms with Gasteiger partial charge in [-0.2, -0.15) is 0 Å². The third-order valence-electron chi connectivity index (χ3n) is 6.84. The minimum Gasteiger partial charge on any atom is -0.388 e. The Kier molecular flexibility index (Phi) is 2.75. The average molecular weight is 274 g/mol. The van der Waals surface area contributed by atoms with Crippen molar-refractivity contribution in [3.63, 3.8) is 0 Å². The Hall–Kier alpha value is -0.600. The molecule has 4 aliphatic rings. The van der Waals surface area contributed by atoms with Crippen LogP contribution in [0.2, 0.25) is 0 Å². The molecule has 0 saturated heterocycles. The summed E-state index contributed by atoms with van der Waals surface area (Å²) in [6.07, 6.45) is 12.7. The molecular weight excluding hydrogens is 248 g/mol. The van der Waals surface area contributed by atoms with E-state index in [9.17, 15) is 10.2 Å². The molecule has 4 aliphatic carbocycles. The predicted octanol–water partition coefficient (Wildman–Crippen LogP) is 3.35. The van der Waals surface area contributed by atoms with Crippen LogP contribution in [0.15, 0.2) is 23.3 Å². The van der Waals surface area contributed by atoms with Crippen LogP contribution in [0.4, 0.5) is 0 Å². The fourth-order valence-electron chi connectivity index (χ4n) is 5.54. The largest absolute Gasteiger partial charge is 0.388 e. The molecule has 2 saturated carbocycles. The molecule has 2 nitrogen and oxygen atoms in total. The number of hydrogen-bond acceptors (Lipinski definition) is 2.